The van der Waals surface area contributed by atoms with Crippen molar-refractivity contribution in [2.45, 2.75) is 12.6 Å². The van der Waals surface area contributed by atoms with E-state index in [2.05, 4.69) is 10.6 Å². The molecule has 0 saturated carbocycles. The van der Waals surface area contributed by atoms with Gasteiger partial charge >= 0.3 is 6.03 Å². The topological polar surface area (TPSA) is 61.4 Å². The molecule has 0 aliphatic heterocycles. The van der Waals surface area contributed by atoms with E-state index in [4.69, 9.17) is 0 Å². The number of carbonyl (C=O) groups is 1. The molecule has 0 radical (unpaired) electrons. The Balaban J connectivity index is 1.73. The van der Waals surface area contributed by atoms with Gasteiger partial charge in [-0.2, -0.15) is 0 Å². The Morgan fingerprint density at radius 3 is 2.20 bits per heavy atom. The van der Waals surface area contributed by atoms with E-state index in [0.717, 1.165) is 11.1 Å². The first-order valence-corrected chi connectivity index (χ1v) is 6.54. The second-order valence-corrected chi connectivity index (χ2v) is 4.48. The molecule has 3 N–H and O–H groups in total. The summed E-state index contributed by atoms with van der Waals surface area (Å²) >= 11 is 0. The van der Waals surface area contributed by atoms with E-state index in [9.17, 15) is 9.90 Å². The van der Waals surface area contributed by atoms with Crippen LogP contribution >= 0.6 is 0 Å². The predicted molar refractivity (Wildman–Crippen MR) is 78.1 cm³/mol. The van der Waals surface area contributed by atoms with E-state index >= 15 is 0 Å². The Morgan fingerprint density at radius 1 is 0.950 bits per heavy atom. The molecule has 0 aromatic heterocycles. The molecule has 0 fully saturated rings. The van der Waals surface area contributed by atoms with Gasteiger partial charge in [-0.05, 0) is 11.1 Å². The highest BCUT2D eigenvalue weighted by molar-refractivity contribution is 5.73. The van der Waals surface area contributed by atoms with Crippen LogP contribution in [0.1, 0.15) is 17.2 Å². The first-order chi connectivity index (χ1) is 9.75. The van der Waals surface area contributed by atoms with Crippen molar-refractivity contribution in [2.75, 3.05) is 6.54 Å². The second-order valence-electron chi connectivity index (χ2n) is 4.48. The Labute approximate surface area is 118 Å². The molecule has 104 valence electrons. The third kappa shape index (κ3) is 4.40. The number of hydrogen-bond donors (Lipinski definition) is 3. The Morgan fingerprint density at radius 2 is 1.55 bits per heavy atom. The lowest BCUT2D eigenvalue weighted by Gasteiger charge is -2.13. The molecule has 0 heterocycles. The molecule has 4 nitrogen and oxygen atoms in total. The van der Waals surface area contributed by atoms with Gasteiger partial charge in [-0.15, -0.1) is 0 Å². The van der Waals surface area contributed by atoms with Gasteiger partial charge in [-0.25, -0.2) is 4.79 Å². The second kappa shape index (κ2) is 7.31. The fourth-order valence-corrected chi connectivity index (χ4v) is 1.82. The number of urea groups is 1. The van der Waals surface area contributed by atoms with Crippen molar-refractivity contribution in [3.63, 3.8) is 0 Å². The van der Waals surface area contributed by atoms with Crippen molar-refractivity contribution < 1.29 is 9.90 Å². The SMILES string of the molecule is O=C(NCc1ccccc1)NCC(O)c1ccccc1. The number of nitrogens with one attached hydrogen (secondary N) is 2. The highest BCUT2D eigenvalue weighted by atomic mass is 16.3. The smallest absolute Gasteiger partial charge is 0.315 e. The molecular formula is C16H18N2O2. The Bertz CT molecular complexity index is 529. The number of hydrogen-bond acceptors (Lipinski definition) is 2. The van der Waals surface area contributed by atoms with Gasteiger partial charge in [-0.3, -0.25) is 0 Å². The molecule has 2 amide bonds. The van der Waals surface area contributed by atoms with Gasteiger partial charge in [0.1, 0.15) is 0 Å². The minimum Gasteiger partial charge on any atom is -0.387 e. The first kappa shape index (κ1) is 14.1. The average molecular weight is 270 g/mol. The summed E-state index contributed by atoms with van der Waals surface area (Å²) in [7, 11) is 0. The summed E-state index contributed by atoms with van der Waals surface area (Å²) < 4.78 is 0. The quantitative estimate of drug-likeness (QED) is 0.780. The fourth-order valence-electron chi connectivity index (χ4n) is 1.82. The first-order valence-electron chi connectivity index (χ1n) is 6.54. The van der Waals surface area contributed by atoms with Gasteiger partial charge in [0.2, 0.25) is 0 Å². The van der Waals surface area contributed by atoms with Gasteiger partial charge in [0.05, 0.1) is 6.10 Å². The van der Waals surface area contributed by atoms with Gasteiger partial charge in [-0.1, -0.05) is 60.7 Å². The molecule has 4 heteroatoms. The van der Waals surface area contributed by atoms with Crippen molar-refractivity contribution in [1.82, 2.24) is 10.6 Å². The average Bonchev–Trinajstić information content (AvgIpc) is 2.52. The number of aliphatic hydroxyl groups is 1. The number of carbonyl (C=O) groups excluding carboxylic acids is 1. The summed E-state index contributed by atoms with van der Waals surface area (Å²) in [6, 6.07) is 18.6. The molecule has 1 atom stereocenters. The third-order valence-corrected chi connectivity index (χ3v) is 2.94. The van der Waals surface area contributed by atoms with E-state index in [0.29, 0.717) is 6.54 Å². The van der Waals surface area contributed by atoms with Crippen LogP contribution in [0.25, 0.3) is 0 Å². The van der Waals surface area contributed by atoms with E-state index in [1.54, 1.807) is 0 Å². The molecule has 2 rings (SSSR count). The minimum atomic E-state index is -0.696. The summed E-state index contributed by atoms with van der Waals surface area (Å²) in [6.07, 6.45) is -0.696. The van der Waals surface area contributed by atoms with Crippen molar-refractivity contribution in [2.24, 2.45) is 0 Å². The van der Waals surface area contributed by atoms with E-state index in [1.807, 2.05) is 60.7 Å². The predicted octanol–water partition coefficient (Wildman–Crippen LogP) is 2.22. The van der Waals surface area contributed by atoms with Crippen LogP contribution in [-0.4, -0.2) is 17.7 Å². The maximum Gasteiger partial charge on any atom is 0.315 e. The zero-order valence-electron chi connectivity index (χ0n) is 11.1. The zero-order chi connectivity index (χ0) is 14.2. The number of amides is 2. The molecule has 0 spiro atoms. The van der Waals surface area contributed by atoms with Gasteiger partial charge in [0, 0.05) is 13.1 Å². The molecular weight excluding hydrogens is 252 g/mol. The standard InChI is InChI=1S/C16H18N2O2/c19-15(14-9-5-2-6-10-14)12-18-16(20)17-11-13-7-3-1-4-8-13/h1-10,15,19H,11-12H2,(H2,17,18,20). The lowest BCUT2D eigenvalue weighted by Crippen LogP contribution is -2.37. The molecule has 0 bridgehead atoms. The number of benzene rings is 2. The Hall–Kier alpha value is -2.33. The number of rotatable bonds is 5. The summed E-state index contributed by atoms with van der Waals surface area (Å²) in [5.74, 6) is 0. The van der Waals surface area contributed by atoms with Crippen LogP contribution in [0.5, 0.6) is 0 Å². The van der Waals surface area contributed by atoms with Crippen LogP contribution in [0.3, 0.4) is 0 Å². The van der Waals surface area contributed by atoms with Crippen LogP contribution in [0.2, 0.25) is 0 Å². The van der Waals surface area contributed by atoms with Crippen molar-refractivity contribution >= 4 is 6.03 Å². The van der Waals surface area contributed by atoms with Crippen molar-refractivity contribution in [1.29, 1.82) is 0 Å². The normalized spacial score (nSPS) is 11.7. The summed E-state index contributed by atoms with van der Waals surface area (Å²) in [5.41, 5.74) is 1.82. The van der Waals surface area contributed by atoms with Gasteiger partial charge in [0.15, 0.2) is 0 Å². The van der Waals surface area contributed by atoms with Crippen molar-refractivity contribution in [3.05, 3.63) is 71.8 Å². The molecule has 2 aromatic carbocycles. The van der Waals surface area contributed by atoms with E-state index in [1.165, 1.54) is 0 Å². The van der Waals surface area contributed by atoms with Crippen LogP contribution in [-0.2, 0) is 6.54 Å². The molecule has 0 aliphatic rings. The van der Waals surface area contributed by atoms with Gasteiger partial charge in [0.25, 0.3) is 0 Å². The largest absolute Gasteiger partial charge is 0.387 e. The molecule has 0 aliphatic carbocycles. The van der Waals surface area contributed by atoms with E-state index < -0.39 is 6.10 Å². The molecule has 0 saturated heterocycles. The van der Waals surface area contributed by atoms with Crippen molar-refractivity contribution in [3.8, 4) is 0 Å². The Kier molecular flexibility index (Phi) is 5.15. The van der Waals surface area contributed by atoms with Crippen LogP contribution in [0.15, 0.2) is 60.7 Å². The third-order valence-electron chi connectivity index (χ3n) is 2.94. The molecule has 1 unspecified atom stereocenters. The summed E-state index contributed by atoms with van der Waals surface area (Å²) in [4.78, 5) is 11.6. The van der Waals surface area contributed by atoms with E-state index in [-0.39, 0.29) is 12.6 Å². The van der Waals surface area contributed by atoms with Gasteiger partial charge < -0.3 is 15.7 Å². The highest BCUT2D eigenvalue weighted by Crippen LogP contribution is 2.10. The summed E-state index contributed by atoms with van der Waals surface area (Å²) in [6.45, 7) is 0.652. The molecule has 2 aromatic rings. The molecule has 20 heavy (non-hydrogen) atoms. The highest BCUT2D eigenvalue weighted by Gasteiger charge is 2.08. The minimum absolute atomic E-state index is 0.185. The summed E-state index contributed by atoms with van der Waals surface area (Å²) in [5, 5.41) is 15.3. The lowest BCUT2D eigenvalue weighted by atomic mass is 10.1. The zero-order valence-corrected chi connectivity index (χ0v) is 11.1. The fraction of sp³-hybridized carbons (Fsp3) is 0.188. The van der Waals surface area contributed by atoms with Crippen LogP contribution in [0, 0.1) is 0 Å². The number of aliphatic hydroxyl groups excluding tert-OH is 1. The van der Waals surface area contributed by atoms with Crippen LogP contribution < -0.4 is 10.6 Å². The van der Waals surface area contributed by atoms with Crippen LogP contribution in [0.4, 0.5) is 4.79 Å². The maximum atomic E-state index is 11.6. The monoisotopic (exact) mass is 270 g/mol. The maximum absolute atomic E-state index is 11.6. The lowest BCUT2D eigenvalue weighted by molar-refractivity contribution is 0.173.